The van der Waals surface area contributed by atoms with Gasteiger partial charge >= 0.3 is 5.97 Å². The molecule has 72 heavy (non-hydrogen) atoms. The van der Waals surface area contributed by atoms with Crippen LogP contribution in [0.5, 0.6) is 0 Å². The molecule has 2 unspecified atom stereocenters. The van der Waals surface area contributed by atoms with Gasteiger partial charge in [-0.15, -0.1) is 0 Å². The van der Waals surface area contributed by atoms with Gasteiger partial charge in [0.25, 0.3) is 0 Å². The maximum Gasteiger partial charge on any atom is 0.305 e. The third-order valence-corrected chi connectivity index (χ3v) is 14.6. The van der Waals surface area contributed by atoms with E-state index < -0.39 is 12.1 Å². The summed E-state index contributed by atoms with van der Waals surface area (Å²) >= 11 is 0. The molecule has 0 aliphatic carbocycles. The Morgan fingerprint density at radius 1 is 0.389 bits per heavy atom. The maximum absolute atomic E-state index is 12.5. The van der Waals surface area contributed by atoms with Crippen LogP contribution in [0.4, 0.5) is 0 Å². The lowest BCUT2D eigenvalue weighted by molar-refractivity contribution is -0.143. The lowest BCUT2D eigenvalue weighted by atomic mass is 10.0. The summed E-state index contributed by atoms with van der Waals surface area (Å²) in [5, 5.41) is 23.2. The third-order valence-electron chi connectivity index (χ3n) is 14.6. The molecule has 0 spiro atoms. The number of allylic oxidation sites excluding steroid dienone is 7. The summed E-state index contributed by atoms with van der Waals surface area (Å²) in [7, 11) is 0. The molecule has 0 fully saturated rings. The smallest absolute Gasteiger partial charge is 0.305 e. The maximum atomic E-state index is 12.5. The molecule has 6 heteroatoms. The fourth-order valence-corrected chi connectivity index (χ4v) is 9.67. The first-order valence-corrected chi connectivity index (χ1v) is 31.9. The van der Waals surface area contributed by atoms with E-state index in [-0.39, 0.29) is 18.5 Å². The van der Waals surface area contributed by atoms with Gasteiger partial charge in [0.1, 0.15) is 0 Å². The monoisotopic (exact) mass is 1010 g/mol. The van der Waals surface area contributed by atoms with Gasteiger partial charge in [-0.1, -0.05) is 287 Å². The molecule has 1 amide bonds. The SMILES string of the molecule is CCCC/C=C\CCCCCCCC(=O)OCCCCC/C=C\C=C/CCCCCCCCCCCCC(=O)NC(CO)C(O)/C=C/CCCCCCCCCCCCCCCCCCCCCCCCC. The average molecular weight is 1010 g/mol. The molecule has 0 saturated carbocycles. The van der Waals surface area contributed by atoms with Crippen molar-refractivity contribution in [1.82, 2.24) is 5.32 Å². The standard InChI is InChI=1S/C66H123NO5/c1-3-5-7-9-11-13-15-16-17-18-19-20-21-22-23-24-26-29-32-35-39-42-46-50-54-58-64(69)63(62-68)67-65(70)59-55-51-47-43-40-36-33-30-27-25-28-31-34-37-41-45-49-53-57-61-72-66(71)60-56-52-48-44-38-14-12-10-8-6-4-2/h10,12,31,34,37,41,54,58,63-64,68-69H,3-9,11,13-30,32-33,35-36,38-40,42-53,55-57,59-62H2,1-2H3,(H,67,70)/b12-10-,34-31-,41-37-,58-54+. The first-order chi connectivity index (χ1) is 35.5. The van der Waals surface area contributed by atoms with E-state index >= 15 is 0 Å². The van der Waals surface area contributed by atoms with Crippen LogP contribution in [0.25, 0.3) is 0 Å². The van der Waals surface area contributed by atoms with Crippen LogP contribution in [0.15, 0.2) is 48.6 Å². The molecule has 6 nitrogen and oxygen atoms in total. The van der Waals surface area contributed by atoms with Gasteiger partial charge in [0.2, 0.25) is 5.91 Å². The summed E-state index contributed by atoms with van der Waals surface area (Å²) in [6.45, 7) is 4.84. The van der Waals surface area contributed by atoms with Gasteiger partial charge in [-0.05, 0) is 83.5 Å². The highest BCUT2D eigenvalue weighted by molar-refractivity contribution is 5.76. The number of esters is 1. The van der Waals surface area contributed by atoms with Crippen LogP contribution in [-0.4, -0.2) is 47.4 Å². The fourth-order valence-electron chi connectivity index (χ4n) is 9.67. The molecule has 0 radical (unpaired) electrons. The van der Waals surface area contributed by atoms with Crippen LogP contribution in [0.3, 0.4) is 0 Å². The summed E-state index contributed by atoms with van der Waals surface area (Å²) in [5.74, 6) is -0.101. The molecule has 0 saturated heterocycles. The molecular formula is C66H123NO5. The van der Waals surface area contributed by atoms with Gasteiger partial charge in [0, 0.05) is 12.8 Å². The number of hydrogen-bond donors (Lipinski definition) is 3. The van der Waals surface area contributed by atoms with Crippen LogP contribution < -0.4 is 5.32 Å². The van der Waals surface area contributed by atoms with Crippen molar-refractivity contribution in [3.05, 3.63) is 48.6 Å². The second-order valence-electron chi connectivity index (χ2n) is 21.8. The molecule has 0 aromatic carbocycles. The van der Waals surface area contributed by atoms with E-state index in [0.717, 1.165) is 77.0 Å². The van der Waals surface area contributed by atoms with Crippen molar-refractivity contribution in [3.63, 3.8) is 0 Å². The predicted octanol–water partition coefficient (Wildman–Crippen LogP) is 20.1. The van der Waals surface area contributed by atoms with E-state index in [4.69, 9.17) is 4.74 Å². The van der Waals surface area contributed by atoms with Gasteiger partial charge < -0.3 is 20.3 Å². The highest BCUT2D eigenvalue weighted by atomic mass is 16.5. The molecule has 3 N–H and O–H groups in total. The molecular weight excluding hydrogens is 887 g/mol. The van der Waals surface area contributed by atoms with E-state index in [2.05, 4.69) is 55.6 Å². The van der Waals surface area contributed by atoms with Crippen LogP contribution in [0.1, 0.15) is 335 Å². The summed E-state index contributed by atoms with van der Waals surface area (Å²) in [4.78, 5) is 24.5. The number of nitrogens with one attached hydrogen (secondary N) is 1. The molecule has 0 aliphatic heterocycles. The Kier molecular flexibility index (Phi) is 59.5. The van der Waals surface area contributed by atoms with Gasteiger partial charge in [-0.2, -0.15) is 0 Å². The van der Waals surface area contributed by atoms with E-state index in [0.29, 0.717) is 19.4 Å². The number of rotatable bonds is 59. The Bertz CT molecular complexity index is 1210. The summed E-state index contributed by atoms with van der Waals surface area (Å²) in [6.07, 6.45) is 78.8. The lowest BCUT2D eigenvalue weighted by Crippen LogP contribution is -2.45. The minimum absolute atomic E-state index is 0.0253. The number of carbonyl (C=O) groups is 2. The Hall–Kier alpha value is -2.18. The van der Waals surface area contributed by atoms with Crippen molar-refractivity contribution >= 4 is 11.9 Å². The molecule has 0 aromatic rings. The van der Waals surface area contributed by atoms with Crippen molar-refractivity contribution in [2.24, 2.45) is 0 Å². The minimum atomic E-state index is -0.854. The van der Waals surface area contributed by atoms with Crippen molar-refractivity contribution < 1.29 is 24.5 Å². The largest absolute Gasteiger partial charge is 0.466 e. The Labute approximate surface area is 448 Å². The molecule has 0 aliphatic rings. The van der Waals surface area contributed by atoms with E-state index in [1.54, 1.807) is 6.08 Å². The second kappa shape index (κ2) is 61.4. The van der Waals surface area contributed by atoms with Crippen molar-refractivity contribution in [2.45, 2.75) is 347 Å². The summed E-state index contributed by atoms with van der Waals surface area (Å²) in [5.41, 5.74) is 0. The number of aliphatic hydroxyl groups excluding tert-OH is 2. The van der Waals surface area contributed by atoms with Gasteiger partial charge in [0.05, 0.1) is 25.4 Å². The van der Waals surface area contributed by atoms with Crippen LogP contribution >= 0.6 is 0 Å². The number of unbranched alkanes of at least 4 members (excludes halogenated alkanes) is 43. The number of ether oxygens (including phenoxy) is 1. The number of hydrogen-bond acceptors (Lipinski definition) is 5. The van der Waals surface area contributed by atoms with Gasteiger partial charge in [-0.25, -0.2) is 0 Å². The van der Waals surface area contributed by atoms with E-state index in [9.17, 15) is 19.8 Å². The second-order valence-corrected chi connectivity index (χ2v) is 21.8. The molecule has 2 atom stereocenters. The quantitative estimate of drug-likeness (QED) is 0.0244. The number of carbonyl (C=O) groups excluding carboxylic acids is 2. The number of aliphatic hydroxyl groups is 2. The van der Waals surface area contributed by atoms with Gasteiger partial charge in [0.15, 0.2) is 0 Å². The van der Waals surface area contributed by atoms with Crippen LogP contribution in [-0.2, 0) is 14.3 Å². The zero-order chi connectivity index (χ0) is 52.2. The number of amides is 1. The summed E-state index contributed by atoms with van der Waals surface area (Å²) in [6, 6.07) is -0.638. The zero-order valence-electron chi connectivity index (χ0n) is 48.2. The highest BCUT2D eigenvalue weighted by Crippen LogP contribution is 2.17. The third kappa shape index (κ3) is 57.1. The Balaban J connectivity index is 3.51. The van der Waals surface area contributed by atoms with Crippen molar-refractivity contribution in [3.8, 4) is 0 Å². The van der Waals surface area contributed by atoms with Crippen molar-refractivity contribution in [1.29, 1.82) is 0 Å². The molecule has 422 valence electrons. The van der Waals surface area contributed by atoms with Crippen LogP contribution in [0, 0.1) is 0 Å². The molecule has 0 aromatic heterocycles. The first-order valence-electron chi connectivity index (χ1n) is 31.9. The summed E-state index contributed by atoms with van der Waals surface area (Å²) < 4.78 is 5.43. The fraction of sp³-hybridized carbons (Fsp3) is 0.848. The van der Waals surface area contributed by atoms with E-state index in [1.807, 2.05) is 6.08 Å². The predicted molar refractivity (Wildman–Crippen MR) is 315 cm³/mol. The van der Waals surface area contributed by atoms with Gasteiger partial charge in [-0.3, -0.25) is 9.59 Å². The highest BCUT2D eigenvalue weighted by Gasteiger charge is 2.18. The lowest BCUT2D eigenvalue weighted by Gasteiger charge is -2.20. The molecule has 0 rings (SSSR count). The molecule has 0 bridgehead atoms. The Morgan fingerprint density at radius 3 is 1.11 bits per heavy atom. The molecule has 0 heterocycles. The zero-order valence-corrected chi connectivity index (χ0v) is 48.2. The average Bonchev–Trinajstić information content (AvgIpc) is 3.38. The van der Waals surface area contributed by atoms with Crippen LogP contribution in [0.2, 0.25) is 0 Å². The topological polar surface area (TPSA) is 95.9 Å². The Morgan fingerprint density at radius 2 is 0.708 bits per heavy atom. The van der Waals surface area contributed by atoms with Crippen molar-refractivity contribution in [2.75, 3.05) is 13.2 Å². The first kappa shape index (κ1) is 69.8. The normalized spacial score (nSPS) is 12.9. The van der Waals surface area contributed by atoms with E-state index in [1.165, 1.54) is 231 Å². The minimum Gasteiger partial charge on any atom is -0.466 e.